The highest BCUT2D eigenvalue weighted by Gasteiger charge is 2.13. The van der Waals surface area contributed by atoms with Crippen LogP contribution in [0.4, 0.5) is 6.01 Å². The van der Waals surface area contributed by atoms with Crippen LogP contribution in [0, 0.1) is 0 Å². The second-order valence-electron chi connectivity index (χ2n) is 4.51. The van der Waals surface area contributed by atoms with Crippen LogP contribution in [-0.2, 0) is 0 Å². The average molecular weight is 240 g/mol. The summed E-state index contributed by atoms with van der Waals surface area (Å²) in [7, 11) is 0. The quantitative estimate of drug-likeness (QED) is 0.730. The van der Waals surface area contributed by atoms with Gasteiger partial charge in [-0.05, 0) is 19.8 Å². The van der Waals surface area contributed by atoms with Crippen molar-refractivity contribution in [3.63, 3.8) is 0 Å². The minimum atomic E-state index is -0.210. The summed E-state index contributed by atoms with van der Waals surface area (Å²) in [5.74, 6) is 0.484. The van der Waals surface area contributed by atoms with Gasteiger partial charge in [0.05, 0.1) is 6.04 Å². The molecule has 0 saturated carbocycles. The minimum Gasteiger partial charge on any atom is -0.406 e. The molecule has 3 N–H and O–H groups in total. The lowest BCUT2D eigenvalue weighted by Gasteiger charge is -2.15. The first-order valence-electron chi connectivity index (χ1n) is 6.52. The maximum absolute atomic E-state index is 5.67. The smallest absolute Gasteiger partial charge is 0.315 e. The molecule has 0 aliphatic rings. The van der Waals surface area contributed by atoms with Gasteiger partial charge >= 0.3 is 6.01 Å². The van der Waals surface area contributed by atoms with E-state index in [0.29, 0.717) is 17.9 Å². The molecule has 1 aromatic rings. The second-order valence-corrected chi connectivity index (χ2v) is 4.51. The maximum atomic E-state index is 5.67. The van der Waals surface area contributed by atoms with E-state index in [2.05, 4.69) is 29.4 Å². The summed E-state index contributed by atoms with van der Waals surface area (Å²) < 4.78 is 5.44. The Bertz CT molecular complexity index is 311. The number of anilines is 1. The first-order valence-corrected chi connectivity index (χ1v) is 6.52. The van der Waals surface area contributed by atoms with Gasteiger partial charge < -0.3 is 15.5 Å². The maximum Gasteiger partial charge on any atom is 0.315 e. The molecule has 2 unspecified atom stereocenters. The van der Waals surface area contributed by atoms with E-state index >= 15 is 0 Å². The molecule has 0 amide bonds. The fraction of sp³-hybridized carbons (Fsp3) is 0.833. The zero-order valence-electron chi connectivity index (χ0n) is 11.1. The average Bonchev–Trinajstić information content (AvgIpc) is 2.75. The summed E-state index contributed by atoms with van der Waals surface area (Å²) in [5, 5.41) is 11.2. The van der Waals surface area contributed by atoms with E-state index in [9.17, 15) is 0 Å². The van der Waals surface area contributed by atoms with Gasteiger partial charge in [0.15, 0.2) is 0 Å². The Morgan fingerprint density at radius 3 is 2.53 bits per heavy atom. The van der Waals surface area contributed by atoms with E-state index in [1.54, 1.807) is 0 Å². The molecule has 0 aromatic carbocycles. The van der Waals surface area contributed by atoms with Crippen molar-refractivity contribution in [1.29, 1.82) is 0 Å². The van der Waals surface area contributed by atoms with Crippen LogP contribution in [0.15, 0.2) is 4.42 Å². The fourth-order valence-corrected chi connectivity index (χ4v) is 1.74. The number of rotatable bonds is 8. The number of nitrogens with zero attached hydrogens (tertiary/aromatic N) is 2. The topological polar surface area (TPSA) is 77.0 Å². The molecule has 2 atom stereocenters. The van der Waals surface area contributed by atoms with Crippen molar-refractivity contribution in [2.45, 2.75) is 65.0 Å². The third-order valence-corrected chi connectivity index (χ3v) is 2.70. The lowest BCUT2D eigenvalue weighted by Crippen LogP contribution is -2.19. The third-order valence-electron chi connectivity index (χ3n) is 2.70. The molecule has 0 bridgehead atoms. The Kier molecular flexibility index (Phi) is 5.97. The molecule has 0 radical (unpaired) electrons. The monoisotopic (exact) mass is 240 g/mol. The van der Waals surface area contributed by atoms with E-state index < -0.39 is 0 Å². The molecule has 1 rings (SSSR count). The highest BCUT2D eigenvalue weighted by Crippen LogP contribution is 2.16. The summed E-state index contributed by atoms with van der Waals surface area (Å²) in [6.07, 6.45) is 5.83. The van der Waals surface area contributed by atoms with E-state index in [-0.39, 0.29) is 6.04 Å². The summed E-state index contributed by atoms with van der Waals surface area (Å²) in [6.45, 7) is 6.21. The lowest BCUT2D eigenvalue weighted by molar-refractivity contribution is 0.460. The first-order chi connectivity index (χ1) is 8.17. The molecular weight excluding hydrogens is 216 g/mol. The van der Waals surface area contributed by atoms with Crippen LogP contribution in [0.1, 0.15) is 64.8 Å². The zero-order chi connectivity index (χ0) is 12.7. The number of unbranched alkanes of at least 4 members (excludes halogenated alkanes) is 1. The Morgan fingerprint density at radius 1 is 1.24 bits per heavy atom. The molecule has 0 fully saturated rings. The molecule has 1 aromatic heterocycles. The Labute approximate surface area is 103 Å². The minimum absolute atomic E-state index is 0.210. The summed E-state index contributed by atoms with van der Waals surface area (Å²) in [6, 6.07) is 0.700. The van der Waals surface area contributed by atoms with Gasteiger partial charge in [-0.3, -0.25) is 0 Å². The number of hydrogen-bond donors (Lipinski definition) is 2. The van der Waals surface area contributed by atoms with Gasteiger partial charge in [0.1, 0.15) is 0 Å². The molecule has 1 heterocycles. The molecule has 0 aliphatic heterocycles. The van der Waals surface area contributed by atoms with Gasteiger partial charge in [0.25, 0.3) is 0 Å². The lowest BCUT2D eigenvalue weighted by atomic mass is 10.1. The second kappa shape index (κ2) is 7.27. The van der Waals surface area contributed by atoms with Crippen molar-refractivity contribution in [3.05, 3.63) is 5.89 Å². The van der Waals surface area contributed by atoms with Crippen molar-refractivity contribution in [3.8, 4) is 0 Å². The van der Waals surface area contributed by atoms with Gasteiger partial charge in [-0.15, -0.1) is 5.10 Å². The Morgan fingerprint density at radius 2 is 2.00 bits per heavy atom. The predicted molar refractivity (Wildman–Crippen MR) is 68.7 cm³/mol. The molecule has 5 heteroatoms. The van der Waals surface area contributed by atoms with Crippen molar-refractivity contribution in [1.82, 2.24) is 10.2 Å². The molecule has 0 spiro atoms. The van der Waals surface area contributed by atoms with Crippen LogP contribution >= 0.6 is 0 Å². The molecule has 98 valence electrons. The van der Waals surface area contributed by atoms with E-state index in [1.165, 1.54) is 12.8 Å². The van der Waals surface area contributed by atoms with E-state index in [0.717, 1.165) is 19.3 Å². The third kappa shape index (κ3) is 4.73. The van der Waals surface area contributed by atoms with Gasteiger partial charge in [-0.25, -0.2) is 0 Å². The van der Waals surface area contributed by atoms with Crippen LogP contribution in [0.5, 0.6) is 0 Å². The van der Waals surface area contributed by atoms with Crippen LogP contribution < -0.4 is 11.1 Å². The van der Waals surface area contributed by atoms with Crippen molar-refractivity contribution in [2.24, 2.45) is 5.73 Å². The number of hydrogen-bond acceptors (Lipinski definition) is 5. The van der Waals surface area contributed by atoms with Crippen LogP contribution in [-0.4, -0.2) is 16.2 Å². The summed E-state index contributed by atoms with van der Waals surface area (Å²) >= 11 is 0. The summed E-state index contributed by atoms with van der Waals surface area (Å²) in [5.41, 5.74) is 5.67. The van der Waals surface area contributed by atoms with Crippen LogP contribution in [0.3, 0.4) is 0 Å². The van der Waals surface area contributed by atoms with Crippen molar-refractivity contribution in [2.75, 3.05) is 5.32 Å². The van der Waals surface area contributed by atoms with Crippen molar-refractivity contribution >= 4 is 6.01 Å². The highest BCUT2D eigenvalue weighted by atomic mass is 16.4. The van der Waals surface area contributed by atoms with Crippen LogP contribution in [0.25, 0.3) is 0 Å². The number of nitrogens with two attached hydrogens (primary N) is 1. The SMILES string of the molecule is CCCCC(CCC)Nc1nnc(C(C)N)o1. The Balaban J connectivity index is 2.52. The Hall–Kier alpha value is -1.10. The molecule has 17 heavy (non-hydrogen) atoms. The standard InChI is InChI=1S/C12H24N4O/c1-4-6-8-10(7-5-2)14-12-16-15-11(17-12)9(3)13/h9-10H,4-8,13H2,1-3H3,(H,14,16). The molecular formula is C12H24N4O. The molecule has 0 saturated heterocycles. The first kappa shape index (κ1) is 14.0. The van der Waals surface area contributed by atoms with Crippen molar-refractivity contribution < 1.29 is 4.42 Å². The van der Waals surface area contributed by atoms with E-state index in [4.69, 9.17) is 10.2 Å². The largest absolute Gasteiger partial charge is 0.406 e. The predicted octanol–water partition coefficient (Wildman–Crippen LogP) is 2.86. The van der Waals surface area contributed by atoms with E-state index in [1.807, 2.05) is 6.92 Å². The van der Waals surface area contributed by atoms with Gasteiger partial charge in [0, 0.05) is 6.04 Å². The number of nitrogens with one attached hydrogen (secondary N) is 1. The summed E-state index contributed by atoms with van der Waals surface area (Å²) in [4.78, 5) is 0. The highest BCUT2D eigenvalue weighted by molar-refractivity contribution is 5.19. The normalized spacial score (nSPS) is 14.6. The molecule has 0 aliphatic carbocycles. The van der Waals surface area contributed by atoms with Gasteiger partial charge in [-0.1, -0.05) is 38.2 Å². The number of aromatic nitrogens is 2. The molecule has 5 nitrogen and oxygen atoms in total. The fourth-order valence-electron chi connectivity index (χ4n) is 1.74. The zero-order valence-corrected chi connectivity index (χ0v) is 11.1. The van der Waals surface area contributed by atoms with Gasteiger partial charge in [0.2, 0.25) is 5.89 Å². The van der Waals surface area contributed by atoms with Gasteiger partial charge in [-0.2, -0.15) is 0 Å². The van der Waals surface area contributed by atoms with Crippen LogP contribution in [0.2, 0.25) is 0 Å².